The third-order valence-corrected chi connectivity index (χ3v) is 9.64. The summed E-state index contributed by atoms with van der Waals surface area (Å²) in [5.41, 5.74) is 0. The zero-order chi connectivity index (χ0) is 33.2. The van der Waals surface area contributed by atoms with Crippen molar-refractivity contribution in [1.82, 2.24) is 10.2 Å². The number of amides is 1. The Morgan fingerprint density at radius 1 is 0.617 bits per heavy atom. The first-order valence-corrected chi connectivity index (χ1v) is 20.6. The van der Waals surface area contributed by atoms with Gasteiger partial charge >= 0.3 is 0 Å². The molecule has 1 aliphatic heterocycles. The van der Waals surface area contributed by atoms with Gasteiger partial charge in [-0.2, -0.15) is 0 Å². The number of halogens is 1. The predicted octanol–water partition coefficient (Wildman–Crippen LogP) is 13.4. The monoisotopic (exact) mass is 678 g/mol. The second-order valence-electron chi connectivity index (χ2n) is 14.0. The molecular formula is C42H80ClN3O. The lowest BCUT2D eigenvalue weighted by Gasteiger charge is -2.30. The predicted molar refractivity (Wildman–Crippen MR) is 212 cm³/mol. The fourth-order valence-electron chi connectivity index (χ4n) is 6.61. The third kappa shape index (κ3) is 28.3. The van der Waals surface area contributed by atoms with Crippen LogP contribution in [-0.2, 0) is 4.79 Å². The van der Waals surface area contributed by atoms with Gasteiger partial charge in [0.15, 0.2) is 0 Å². The van der Waals surface area contributed by atoms with Gasteiger partial charge in [0.05, 0.1) is 6.54 Å². The molecule has 1 rings (SSSR count). The maximum atomic E-state index is 12.7. The molecule has 4 nitrogen and oxygen atoms in total. The molecule has 0 saturated heterocycles. The van der Waals surface area contributed by atoms with E-state index in [4.69, 9.17) is 4.99 Å². The van der Waals surface area contributed by atoms with Crippen molar-refractivity contribution >= 4 is 24.1 Å². The Kier molecular flexibility index (Phi) is 35.0. The summed E-state index contributed by atoms with van der Waals surface area (Å²) < 4.78 is 0. The van der Waals surface area contributed by atoms with Crippen LogP contribution in [0.4, 0.5) is 0 Å². The maximum Gasteiger partial charge on any atom is 0.221 e. The number of nitrogens with zero attached hydrogens (tertiary/aromatic N) is 2. The lowest BCUT2D eigenvalue weighted by Crippen LogP contribution is -2.49. The number of amidine groups is 1. The van der Waals surface area contributed by atoms with E-state index in [2.05, 4.69) is 55.3 Å². The molecular weight excluding hydrogens is 598 g/mol. The van der Waals surface area contributed by atoms with Crippen LogP contribution in [0.25, 0.3) is 0 Å². The number of hydrogen-bond donors (Lipinski definition) is 1. The van der Waals surface area contributed by atoms with Crippen molar-refractivity contribution in [3.63, 3.8) is 0 Å². The molecule has 47 heavy (non-hydrogen) atoms. The summed E-state index contributed by atoms with van der Waals surface area (Å²) in [7, 11) is 0. The van der Waals surface area contributed by atoms with Gasteiger partial charge in [0.2, 0.25) is 5.91 Å². The van der Waals surface area contributed by atoms with Crippen LogP contribution >= 0.6 is 12.4 Å². The van der Waals surface area contributed by atoms with Crippen LogP contribution in [0.15, 0.2) is 29.3 Å². The van der Waals surface area contributed by atoms with Gasteiger partial charge in [0, 0.05) is 19.4 Å². The highest BCUT2D eigenvalue weighted by Crippen LogP contribution is 2.17. The van der Waals surface area contributed by atoms with E-state index in [-0.39, 0.29) is 24.5 Å². The van der Waals surface area contributed by atoms with E-state index in [0.717, 1.165) is 38.8 Å². The fraction of sp³-hybridized carbons (Fsp3) is 0.857. The average Bonchev–Trinajstić information content (AvgIpc) is 3.53. The minimum absolute atomic E-state index is 0. The lowest BCUT2D eigenvalue weighted by atomic mass is 10.1. The largest absolute Gasteiger partial charge is 0.338 e. The van der Waals surface area contributed by atoms with Crippen LogP contribution in [-0.4, -0.2) is 35.9 Å². The minimum atomic E-state index is 0. The molecule has 0 aromatic carbocycles. The van der Waals surface area contributed by atoms with E-state index in [9.17, 15) is 4.79 Å². The first-order valence-electron chi connectivity index (χ1n) is 20.6. The summed E-state index contributed by atoms with van der Waals surface area (Å²) in [4.78, 5) is 19.9. The Morgan fingerprint density at radius 3 is 1.47 bits per heavy atom. The second kappa shape index (κ2) is 36.0. The lowest BCUT2D eigenvalue weighted by molar-refractivity contribution is -0.122. The summed E-state index contributed by atoms with van der Waals surface area (Å²) >= 11 is 0. The van der Waals surface area contributed by atoms with Gasteiger partial charge in [0.1, 0.15) is 12.0 Å². The van der Waals surface area contributed by atoms with E-state index in [0.29, 0.717) is 6.42 Å². The van der Waals surface area contributed by atoms with Crippen molar-refractivity contribution < 1.29 is 4.79 Å². The van der Waals surface area contributed by atoms with Crippen LogP contribution in [0.3, 0.4) is 0 Å². The topological polar surface area (TPSA) is 44.7 Å². The number of rotatable bonds is 34. The number of carbonyl (C=O) groups excluding carboxylic acids is 1. The van der Waals surface area contributed by atoms with Crippen LogP contribution in [0, 0.1) is 0 Å². The number of hydrogen-bond acceptors (Lipinski definition) is 3. The van der Waals surface area contributed by atoms with Gasteiger partial charge < -0.3 is 10.2 Å². The molecule has 0 fully saturated rings. The number of carbonyl (C=O) groups is 1. The van der Waals surface area contributed by atoms with Crippen LogP contribution in [0.2, 0.25) is 0 Å². The quantitative estimate of drug-likeness (QED) is 0.0544. The van der Waals surface area contributed by atoms with Crippen molar-refractivity contribution in [1.29, 1.82) is 0 Å². The van der Waals surface area contributed by atoms with E-state index < -0.39 is 0 Å². The zero-order valence-corrected chi connectivity index (χ0v) is 32.5. The van der Waals surface area contributed by atoms with Gasteiger partial charge in [-0.15, -0.1) is 12.4 Å². The zero-order valence-electron chi connectivity index (χ0n) is 31.7. The highest BCUT2D eigenvalue weighted by atomic mass is 35.5. The van der Waals surface area contributed by atoms with Gasteiger partial charge in [-0.1, -0.05) is 154 Å². The molecule has 0 saturated carbocycles. The number of aliphatic imine (C=N–C) groups is 1. The van der Waals surface area contributed by atoms with Crippen molar-refractivity contribution in [3.8, 4) is 0 Å². The number of nitrogens with one attached hydrogen (secondary N) is 1. The Hall–Kier alpha value is -1.29. The highest BCUT2D eigenvalue weighted by Gasteiger charge is 2.24. The number of unbranched alkanes of at least 4 members (excludes halogenated alkanes) is 23. The molecule has 1 N–H and O–H groups in total. The van der Waals surface area contributed by atoms with E-state index in [1.165, 1.54) is 166 Å². The second-order valence-corrected chi connectivity index (χ2v) is 14.0. The van der Waals surface area contributed by atoms with E-state index >= 15 is 0 Å². The van der Waals surface area contributed by atoms with Crippen LogP contribution in [0.1, 0.15) is 213 Å². The van der Waals surface area contributed by atoms with Gasteiger partial charge in [0.25, 0.3) is 0 Å². The molecule has 1 aliphatic rings. The Morgan fingerprint density at radius 2 is 1.02 bits per heavy atom. The van der Waals surface area contributed by atoms with Gasteiger partial charge in [-0.05, 0) is 70.6 Å². The van der Waals surface area contributed by atoms with E-state index in [1.807, 2.05) is 0 Å². The molecule has 1 atom stereocenters. The Labute approximate surface area is 300 Å². The molecule has 276 valence electrons. The van der Waals surface area contributed by atoms with Crippen LogP contribution in [0.5, 0.6) is 0 Å². The number of allylic oxidation sites excluding steroid dienone is 4. The normalized spacial score (nSPS) is 13.9. The molecule has 0 aromatic heterocycles. The van der Waals surface area contributed by atoms with Gasteiger partial charge in [-0.25, -0.2) is 0 Å². The van der Waals surface area contributed by atoms with E-state index in [1.54, 1.807) is 0 Å². The summed E-state index contributed by atoms with van der Waals surface area (Å²) in [6.45, 7) is 8.58. The standard InChI is InChI=1S/C42H79N3O.ClH/c1-4-7-9-11-13-15-17-19-21-23-24-26-28-30-32-34-36-41-43-38-39-45(41)40(6-3)44-42(46)37-35-33-31-29-27-25-22-20-18-16-14-12-10-8-5-2;/h19-22,40H,4-18,23-39H2,1-3H3,(H,44,46);1H/b21-19-,22-20-;. The van der Waals surface area contributed by atoms with Crippen molar-refractivity contribution in [3.05, 3.63) is 24.3 Å². The summed E-state index contributed by atoms with van der Waals surface area (Å²) in [6, 6.07) is 0. The molecule has 0 spiro atoms. The Bertz CT molecular complexity index is 765. The molecule has 1 amide bonds. The molecule has 0 aliphatic carbocycles. The van der Waals surface area contributed by atoms with Crippen molar-refractivity contribution in [2.45, 2.75) is 220 Å². The maximum absolute atomic E-state index is 12.7. The summed E-state index contributed by atoms with van der Waals surface area (Å²) in [5.74, 6) is 1.44. The minimum Gasteiger partial charge on any atom is -0.338 e. The highest BCUT2D eigenvalue weighted by molar-refractivity contribution is 5.85. The molecule has 1 unspecified atom stereocenters. The van der Waals surface area contributed by atoms with Gasteiger partial charge in [-0.3, -0.25) is 9.79 Å². The average molecular weight is 679 g/mol. The third-order valence-electron chi connectivity index (χ3n) is 9.64. The first kappa shape index (κ1) is 45.7. The van der Waals surface area contributed by atoms with Crippen molar-refractivity contribution in [2.24, 2.45) is 4.99 Å². The fourth-order valence-corrected chi connectivity index (χ4v) is 6.61. The molecule has 0 aromatic rings. The summed E-state index contributed by atoms with van der Waals surface area (Å²) in [5, 5.41) is 3.34. The molecule has 1 heterocycles. The molecule has 5 heteroatoms. The van der Waals surface area contributed by atoms with Crippen molar-refractivity contribution in [2.75, 3.05) is 13.1 Å². The SMILES string of the molecule is CCCCCCCC/C=C\CCCCCCCCC1=NCCN1C(CC)NC(=O)CCCCCCC/C=C\CCCCCCCC.Cl. The first-order chi connectivity index (χ1) is 22.7. The smallest absolute Gasteiger partial charge is 0.221 e. The van der Waals surface area contributed by atoms with Crippen LogP contribution < -0.4 is 5.32 Å². The summed E-state index contributed by atoms with van der Waals surface area (Å²) in [6.07, 6.45) is 47.9. The molecule has 0 radical (unpaired) electrons. The molecule has 0 bridgehead atoms. The Balaban J connectivity index is 0.0000212.